The number of benzene rings is 1. The minimum absolute atomic E-state index is 0.216. The summed E-state index contributed by atoms with van der Waals surface area (Å²) in [6, 6.07) is 4.12. The van der Waals surface area contributed by atoms with Crippen molar-refractivity contribution in [1.82, 2.24) is 4.31 Å². The van der Waals surface area contributed by atoms with Gasteiger partial charge >= 0.3 is 0 Å². The number of hydrogen-bond donors (Lipinski definition) is 0. The fraction of sp³-hybridized carbons (Fsp3) is 0.455. The van der Waals surface area contributed by atoms with Gasteiger partial charge in [-0.1, -0.05) is 6.07 Å². The summed E-state index contributed by atoms with van der Waals surface area (Å²) in [5, 5.41) is 11.0. The summed E-state index contributed by atoms with van der Waals surface area (Å²) in [6.45, 7) is 2.72. The standard InChI is InChI=1S/C11H14N2O5S/c1-9-2-3-11(10(8-9)13(14)15)19(16,17)12-4-6-18-7-5-12/h2-3,8H,4-7H2,1H3. The number of nitro groups is 1. The zero-order valence-corrected chi connectivity index (χ0v) is 11.2. The van der Waals surface area contributed by atoms with Gasteiger partial charge in [0.15, 0.2) is 4.90 Å². The Kier molecular flexibility index (Phi) is 3.83. The molecule has 104 valence electrons. The van der Waals surface area contributed by atoms with Crippen LogP contribution in [0.1, 0.15) is 5.56 Å². The van der Waals surface area contributed by atoms with Crippen molar-refractivity contribution in [1.29, 1.82) is 0 Å². The van der Waals surface area contributed by atoms with E-state index in [2.05, 4.69) is 0 Å². The van der Waals surface area contributed by atoms with Gasteiger partial charge in [-0.25, -0.2) is 8.42 Å². The third-order valence-electron chi connectivity index (χ3n) is 2.90. The first-order valence-corrected chi connectivity index (χ1v) is 7.20. The van der Waals surface area contributed by atoms with Crippen molar-refractivity contribution in [2.75, 3.05) is 26.3 Å². The highest BCUT2D eigenvalue weighted by Crippen LogP contribution is 2.28. The van der Waals surface area contributed by atoms with E-state index in [1.54, 1.807) is 13.0 Å². The molecule has 7 nitrogen and oxygen atoms in total. The van der Waals surface area contributed by atoms with Crippen molar-refractivity contribution in [3.05, 3.63) is 33.9 Å². The van der Waals surface area contributed by atoms with Gasteiger partial charge in [0.25, 0.3) is 5.69 Å². The fourth-order valence-electron chi connectivity index (χ4n) is 1.91. The first-order chi connectivity index (χ1) is 8.93. The predicted octanol–water partition coefficient (Wildman–Crippen LogP) is 0.924. The summed E-state index contributed by atoms with van der Waals surface area (Å²) < 4.78 is 31.1. The number of ether oxygens (including phenoxy) is 1. The Balaban J connectivity index is 2.48. The molecule has 0 unspecified atom stereocenters. The van der Waals surface area contributed by atoms with Crippen LogP contribution in [0.3, 0.4) is 0 Å². The van der Waals surface area contributed by atoms with Crippen molar-refractivity contribution in [2.24, 2.45) is 0 Å². The molecule has 0 amide bonds. The molecule has 0 N–H and O–H groups in total. The molecule has 1 heterocycles. The van der Waals surface area contributed by atoms with Gasteiger partial charge in [-0.3, -0.25) is 10.1 Å². The average Bonchev–Trinajstić information content (AvgIpc) is 2.39. The lowest BCUT2D eigenvalue weighted by Gasteiger charge is -2.25. The van der Waals surface area contributed by atoms with Crippen LogP contribution in [0.5, 0.6) is 0 Å². The first kappa shape index (κ1) is 13.9. The van der Waals surface area contributed by atoms with Crippen LogP contribution in [-0.4, -0.2) is 43.9 Å². The number of sulfonamides is 1. The van der Waals surface area contributed by atoms with E-state index in [9.17, 15) is 18.5 Å². The van der Waals surface area contributed by atoms with Crippen molar-refractivity contribution < 1.29 is 18.1 Å². The van der Waals surface area contributed by atoms with Gasteiger partial charge in [-0.2, -0.15) is 4.31 Å². The lowest BCUT2D eigenvalue weighted by molar-refractivity contribution is -0.387. The maximum atomic E-state index is 12.4. The molecule has 0 aromatic heterocycles. The highest BCUT2D eigenvalue weighted by Gasteiger charge is 2.32. The summed E-state index contributed by atoms with van der Waals surface area (Å²) in [5.41, 5.74) is 0.263. The normalized spacial score (nSPS) is 17.3. The summed E-state index contributed by atoms with van der Waals surface area (Å²) >= 11 is 0. The topological polar surface area (TPSA) is 89.8 Å². The molecule has 0 radical (unpaired) electrons. The van der Waals surface area contributed by atoms with Gasteiger partial charge < -0.3 is 4.74 Å². The van der Waals surface area contributed by atoms with Gasteiger partial charge in [0.2, 0.25) is 10.0 Å². The second kappa shape index (κ2) is 5.24. The molecule has 1 fully saturated rings. The highest BCUT2D eigenvalue weighted by atomic mass is 32.2. The molecular formula is C11H14N2O5S. The van der Waals surface area contributed by atoms with Crippen LogP contribution < -0.4 is 0 Å². The van der Waals surface area contributed by atoms with Gasteiger partial charge in [0, 0.05) is 19.2 Å². The van der Waals surface area contributed by atoms with Crippen molar-refractivity contribution in [3.63, 3.8) is 0 Å². The lowest BCUT2D eigenvalue weighted by atomic mass is 10.2. The van der Waals surface area contributed by atoms with E-state index in [1.807, 2.05) is 0 Å². The number of aryl methyl sites for hydroxylation is 1. The molecule has 2 rings (SSSR count). The van der Waals surface area contributed by atoms with E-state index in [4.69, 9.17) is 4.74 Å². The summed E-state index contributed by atoms with van der Waals surface area (Å²) in [5.74, 6) is 0. The molecule has 1 aromatic rings. The molecule has 19 heavy (non-hydrogen) atoms. The molecule has 0 saturated carbocycles. The third kappa shape index (κ3) is 2.75. The minimum atomic E-state index is -3.84. The van der Waals surface area contributed by atoms with Crippen LogP contribution >= 0.6 is 0 Å². The zero-order valence-electron chi connectivity index (χ0n) is 10.4. The van der Waals surface area contributed by atoms with Gasteiger partial charge in [-0.05, 0) is 18.6 Å². The Hall–Kier alpha value is -1.51. The summed E-state index contributed by atoms with van der Waals surface area (Å²) in [4.78, 5) is 10.1. The Labute approximate surface area is 111 Å². The number of nitro benzene ring substituents is 1. The number of morpholine rings is 1. The van der Waals surface area contributed by atoms with Crippen LogP contribution in [0.25, 0.3) is 0 Å². The molecule has 0 aliphatic carbocycles. The van der Waals surface area contributed by atoms with E-state index >= 15 is 0 Å². The zero-order chi connectivity index (χ0) is 14.0. The molecule has 0 atom stereocenters. The second-order valence-electron chi connectivity index (χ2n) is 4.24. The van der Waals surface area contributed by atoms with Gasteiger partial charge in [0.05, 0.1) is 18.1 Å². The third-order valence-corrected chi connectivity index (χ3v) is 4.85. The van der Waals surface area contributed by atoms with Gasteiger partial charge in [0.1, 0.15) is 0 Å². The smallest absolute Gasteiger partial charge is 0.289 e. The predicted molar refractivity (Wildman–Crippen MR) is 67.4 cm³/mol. The Morgan fingerprint density at radius 1 is 1.32 bits per heavy atom. The van der Waals surface area contributed by atoms with Gasteiger partial charge in [-0.15, -0.1) is 0 Å². The van der Waals surface area contributed by atoms with E-state index in [0.717, 1.165) is 0 Å². The molecule has 8 heteroatoms. The summed E-state index contributed by atoms with van der Waals surface area (Å²) in [6.07, 6.45) is 0. The second-order valence-corrected chi connectivity index (χ2v) is 6.15. The van der Waals surface area contributed by atoms with E-state index in [-0.39, 0.29) is 23.7 Å². The van der Waals surface area contributed by atoms with Crippen molar-refractivity contribution in [2.45, 2.75) is 11.8 Å². The van der Waals surface area contributed by atoms with E-state index in [0.29, 0.717) is 18.8 Å². The van der Waals surface area contributed by atoms with Crippen LogP contribution in [0.2, 0.25) is 0 Å². The Morgan fingerprint density at radius 2 is 1.95 bits per heavy atom. The first-order valence-electron chi connectivity index (χ1n) is 5.76. The monoisotopic (exact) mass is 286 g/mol. The van der Waals surface area contributed by atoms with Crippen LogP contribution in [-0.2, 0) is 14.8 Å². The maximum Gasteiger partial charge on any atom is 0.289 e. The lowest BCUT2D eigenvalue weighted by Crippen LogP contribution is -2.40. The molecule has 1 aromatic carbocycles. The highest BCUT2D eigenvalue weighted by molar-refractivity contribution is 7.89. The van der Waals surface area contributed by atoms with E-state index < -0.39 is 14.9 Å². The molecule has 1 aliphatic heterocycles. The largest absolute Gasteiger partial charge is 0.379 e. The quantitative estimate of drug-likeness (QED) is 0.609. The molecule has 0 bridgehead atoms. The summed E-state index contributed by atoms with van der Waals surface area (Å²) in [7, 11) is -3.84. The molecular weight excluding hydrogens is 272 g/mol. The SMILES string of the molecule is Cc1ccc(S(=O)(=O)N2CCOCC2)c([N+](=O)[O-])c1. The molecule has 1 aliphatic rings. The minimum Gasteiger partial charge on any atom is -0.379 e. The maximum absolute atomic E-state index is 12.4. The average molecular weight is 286 g/mol. The van der Waals surface area contributed by atoms with Crippen molar-refractivity contribution in [3.8, 4) is 0 Å². The molecule has 1 saturated heterocycles. The fourth-order valence-corrected chi connectivity index (χ4v) is 3.46. The Bertz CT molecular complexity index is 593. The Morgan fingerprint density at radius 3 is 2.53 bits per heavy atom. The number of hydrogen-bond acceptors (Lipinski definition) is 5. The number of rotatable bonds is 3. The molecule has 0 spiro atoms. The van der Waals surface area contributed by atoms with Crippen LogP contribution in [0.4, 0.5) is 5.69 Å². The van der Waals surface area contributed by atoms with Crippen LogP contribution in [0, 0.1) is 17.0 Å². The van der Waals surface area contributed by atoms with E-state index in [1.165, 1.54) is 16.4 Å². The van der Waals surface area contributed by atoms with Crippen LogP contribution in [0.15, 0.2) is 23.1 Å². The number of nitrogens with zero attached hydrogens (tertiary/aromatic N) is 2. The van der Waals surface area contributed by atoms with Crippen molar-refractivity contribution >= 4 is 15.7 Å².